The molecule has 0 amide bonds. The third-order valence-corrected chi connectivity index (χ3v) is 2.00. The van der Waals surface area contributed by atoms with Crippen LogP contribution in [0, 0.1) is 11.8 Å². The molecule has 0 aromatic heterocycles. The Bertz CT molecular complexity index is 415. The molecule has 16 heavy (non-hydrogen) atoms. The van der Waals surface area contributed by atoms with Crippen LogP contribution in [0.2, 0.25) is 0 Å². The van der Waals surface area contributed by atoms with Gasteiger partial charge in [-0.3, -0.25) is 4.79 Å². The first-order valence-corrected chi connectivity index (χ1v) is 5.05. The summed E-state index contributed by atoms with van der Waals surface area (Å²) in [6, 6.07) is 7.60. The van der Waals surface area contributed by atoms with Crippen molar-refractivity contribution in [2.45, 2.75) is 6.42 Å². The molecular formula is C13H15NO2. The molecule has 0 heterocycles. The molecule has 0 aliphatic rings. The summed E-state index contributed by atoms with van der Waals surface area (Å²) in [4.78, 5) is 11.1. The van der Waals surface area contributed by atoms with E-state index in [1.165, 1.54) is 7.11 Å². The molecule has 1 aromatic rings. The number of carbonyl (C=O) groups is 1. The van der Waals surface area contributed by atoms with E-state index in [0.717, 1.165) is 11.1 Å². The summed E-state index contributed by atoms with van der Waals surface area (Å²) in [6.07, 6.45) is 0.290. The highest BCUT2D eigenvalue weighted by Crippen LogP contribution is 2.05. The minimum atomic E-state index is -0.236. The first-order chi connectivity index (χ1) is 7.76. The van der Waals surface area contributed by atoms with Gasteiger partial charge in [0.05, 0.1) is 20.1 Å². The monoisotopic (exact) mass is 217 g/mol. The lowest BCUT2D eigenvalue weighted by Crippen LogP contribution is -2.05. The zero-order valence-electron chi connectivity index (χ0n) is 9.54. The number of hydrogen-bond donors (Lipinski definition) is 1. The molecule has 0 unspecified atom stereocenters. The fourth-order valence-corrected chi connectivity index (χ4v) is 1.23. The van der Waals surface area contributed by atoms with Crippen molar-refractivity contribution in [1.29, 1.82) is 0 Å². The molecule has 0 radical (unpaired) electrons. The highest BCUT2D eigenvalue weighted by Gasteiger charge is 2.02. The Morgan fingerprint density at radius 3 is 3.00 bits per heavy atom. The first kappa shape index (κ1) is 12.3. The molecule has 1 aromatic carbocycles. The predicted octanol–water partition coefficient (Wildman–Crippen LogP) is 0.973. The van der Waals surface area contributed by atoms with E-state index in [0.29, 0.717) is 6.54 Å². The maximum atomic E-state index is 11.1. The van der Waals surface area contributed by atoms with E-state index < -0.39 is 0 Å². The lowest BCUT2D eigenvalue weighted by Gasteiger charge is -2.00. The summed E-state index contributed by atoms with van der Waals surface area (Å²) < 4.78 is 4.61. The zero-order chi connectivity index (χ0) is 11.8. The zero-order valence-corrected chi connectivity index (χ0v) is 9.54. The van der Waals surface area contributed by atoms with Crippen molar-refractivity contribution in [3.63, 3.8) is 0 Å². The largest absolute Gasteiger partial charge is 0.469 e. The third kappa shape index (κ3) is 4.16. The maximum absolute atomic E-state index is 11.1. The number of methoxy groups -OCH3 is 1. The summed E-state index contributed by atoms with van der Waals surface area (Å²) in [6.45, 7) is 0.654. The minimum absolute atomic E-state index is 0.236. The van der Waals surface area contributed by atoms with Crippen molar-refractivity contribution in [2.24, 2.45) is 0 Å². The lowest BCUT2D eigenvalue weighted by atomic mass is 10.1. The molecule has 3 nitrogen and oxygen atoms in total. The second-order valence-corrected chi connectivity index (χ2v) is 3.29. The first-order valence-electron chi connectivity index (χ1n) is 5.05. The summed E-state index contributed by atoms with van der Waals surface area (Å²) in [5.41, 5.74) is 1.83. The van der Waals surface area contributed by atoms with E-state index in [1.54, 1.807) is 0 Å². The third-order valence-electron chi connectivity index (χ3n) is 2.00. The second kappa shape index (κ2) is 6.65. The van der Waals surface area contributed by atoms with Gasteiger partial charge in [0.25, 0.3) is 0 Å². The number of esters is 1. The molecular weight excluding hydrogens is 202 g/mol. The van der Waals surface area contributed by atoms with Crippen LogP contribution in [0.15, 0.2) is 24.3 Å². The average molecular weight is 217 g/mol. The van der Waals surface area contributed by atoms with Crippen LogP contribution in [0.1, 0.15) is 11.1 Å². The molecule has 0 fully saturated rings. The van der Waals surface area contributed by atoms with Crippen LogP contribution in [0.3, 0.4) is 0 Å². The molecule has 0 aliphatic carbocycles. The van der Waals surface area contributed by atoms with Crippen LogP contribution in [0.5, 0.6) is 0 Å². The molecule has 0 spiro atoms. The standard InChI is InChI=1S/C13H15NO2/c1-14-8-4-7-11-5-3-6-12(9-11)10-13(15)16-2/h3,5-6,9,14H,8,10H2,1-2H3. The summed E-state index contributed by atoms with van der Waals surface area (Å²) >= 11 is 0. The topological polar surface area (TPSA) is 38.3 Å². The van der Waals surface area contributed by atoms with Crippen molar-refractivity contribution in [3.05, 3.63) is 35.4 Å². The van der Waals surface area contributed by atoms with E-state index in [4.69, 9.17) is 0 Å². The molecule has 1 rings (SSSR count). The van der Waals surface area contributed by atoms with E-state index in [9.17, 15) is 4.79 Å². The van der Waals surface area contributed by atoms with Crippen LogP contribution in [-0.4, -0.2) is 26.7 Å². The summed E-state index contributed by atoms with van der Waals surface area (Å²) in [5.74, 6) is 5.75. The number of carbonyl (C=O) groups excluding carboxylic acids is 1. The molecule has 3 heteroatoms. The van der Waals surface area contributed by atoms with Gasteiger partial charge >= 0.3 is 5.97 Å². The van der Waals surface area contributed by atoms with Crippen molar-refractivity contribution in [1.82, 2.24) is 5.32 Å². The van der Waals surface area contributed by atoms with Crippen molar-refractivity contribution in [3.8, 4) is 11.8 Å². The number of benzene rings is 1. The van der Waals surface area contributed by atoms with Crippen molar-refractivity contribution in [2.75, 3.05) is 20.7 Å². The number of ether oxygens (including phenoxy) is 1. The van der Waals surface area contributed by atoms with Crippen LogP contribution in [-0.2, 0) is 16.0 Å². The van der Waals surface area contributed by atoms with Crippen LogP contribution < -0.4 is 5.32 Å². The molecule has 0 saturated carbocycles. The van der Waals surface area contributed by atoms with Gasteiger partial charge in [-0.25, -0.2) is 0 Å². The van der Waals surface area contributed by atoms with E-state index in [2.05, 4.69) is 21.9 Å². The van der Waals surface area contributed by atoms with Gasteiger partial charge in [0.15, 0.2) is 0 Å². The Hall–Kier alpha value is -1.79. The Balaban J connectivity index is 2.72. The average Bonchev–Trinajstić information content (AvgIpc) is 2.30. The Kier molecular flexibility index (Phi) is 5.10. The summed E-state index contributed by atoms with van der Waals surface area (Å²) in [5, 5.41) is 2.95. The maximum Gasteiger partial charge on any atom is 0.309 e. The number of nitrogens with one attached hydrogen (secondary N) is 1. The van der Waals surface area contributed by atoms with Gasteiger partial charge in [0.2, 0.25) is 0 Å². The smallest absolute Gasteiger partial charge is 0.309 e. The predicted molar refractivity (Wildman–Crippen MR) is 63.0 cm³/mol. The molecule has 0 saturated heterocycles. The highest BCUT2D eigenvalue weighted by atomic mass is 16.5. The Morgan fingerprint density at radius 1 is 1.50 bits per heavy atom. The molecule has 0 atom stereocenters. The molecule has 0 bridgehead atoms. The van der Waals surface area contributed by atoms with Gasteiger partial charge < -0.3 is 10.1 Å². The number of rotatable bonds is 3. The molecule has 1 N–H and O–H groups in total. The van der Waals surface area contributed by atoms with Gasteiger partial charge in [-0.15, -0.1) is 0 Å². The minimum Gasteiger partial charge on any atom is -0.469 e. The van der Waals surface area contributed by atoms with Crippen molar-refractivity contribution < 1.29 is 9.53 Å². The normalized spacial score (nSPS) is 9.12. The van der Waals surface area contributed by atoms with Crippen molar-refractivity contribution >= 4 is 5.97 Å². The summed E-state index contributed by atoms with van der Waals surface area (Å²) in [7, 11) is 3.24. The molecule has 84 valence electrons. The lowest BCUT2D eigenvalue weighted by molar-refractivity contribution is -0.139. The molecule has 0 aliphatic heterocycles. The van der Waals surface area contributed by atoms with Crippen LogP contribution in [0.4, 0.5) is 0 Å². The van der Waals surface area contributed by atoms with E-state index >= 15 is 0 Å². The van der Waals surface area contributed by atoms with Gasteiger partial charge in [-0.05, 0) is 24.7 Å². The fourth-order valence-electron chi connectivity index (χ4n) is 1.23. The van der Waals surface area contributed by atoms with E-state index in [-0.39, 0.29) is 12.4 Å². The Morgan fingerprint density at radius 2 is 2.31 bits per heavy atom. The SMILES string of the molecule is CNCC#Cc1cccc(CC(=O)OC)c1. The number of hydrogen-bond acceptors (Lipinski definition) is 3. The fraction of sp³-hybridized carbons (Fsp3) is 0.308. The quantitative estimate of drug-likeness (QED) is 0.605. The van der Waals surface area contributed by atoms with Crippen LogP contribution >= 0.6 is 0 Å². The van der Waals surface area contributed by atoms with Gasteiger partial charge in [-0.2, -0.15) is 0 Å². The Labute approximate surface area is 95.8 Å². The van der Waals surface area contributed by atoms with E-state index in [1.807, 2.05) is 31.3 Å². The van der Waals surface area contributed by atoms with Gasteiger partial charge in [0, 0.05) is 5.56 Å². The van der Waals surface area contributed by atoms with Gasteiger partial charge in [-0.1, -0.05) is 24.0 Å². The highest BCUT2D eigenvalue weighted by molar-refractivity contribution is 5.72. The second-order valence-electron chi connectivity index (χ2n) is 3.29. The van der Waals surface area contributed by atoms with Crippen LogP contribution in [0.25, 0.3) is 0 Å². The van der Waals surface area contributed by atoms with Gasteiger partial charge in [0.1, 0.15) is 0 Å².